The molecule has 3 rings (SSSR count). The lowest BCUT2D eigenvalue weighted by Crippen LogP contribution is -2.36. The van der Waals surface area contributed by atoms with Crippen LogP contribution in [0.25, 0.3) is 11.5 Å². The topological polar surface area (TPSA) is 54.2 Å². The second-order valence-corrected chi connectivity index (χ2v) is 5.79. The van der Waals surface area contributed by atoms with Gasteiger partial charge in [0.1, 0.15) is 0 Å². The maximum absolute atomic E-state index is 5.34. The first-order valence-electron chi connectivity index (χ1n) is 7.58. The minimum atomic E-state index is 0.596. The van der Waals surface area contributed by atoms with E-state index in [9.17, 15) is 0 Å². The number of benzene rings is 1. The summed E-state index contributed by atoms with van der Waals surface area (Å²) in [7, 11) is 2.12. The van der Waals surface area contributed by atoms with E-state index in [1.165, 1.54) is 12.8 Å². The number of hydrogen-bond acceptors (Lipinski definition) is 5. The van der Waals surface area contributed by atoms with Crippen LogP contribution in [0.2, 0.25) is 0 Å². The molecule has 2 aromatic rings. The molecule has 1 aromatic heterocycles. The zero-order chi connectivity index (χ0) is 14.5. The van der Waals surface area contributed by atoms with Crippen molar-refractivity contribution in [3.63, 3.8) is 0 Å². The second kappa shape index (κ2) is 6.83. The van der Waals surface area contributed by atoms with Gasteiger partial charge in [0, 0.05) is 12.1 Å². The summed E-state index contributed by atoms with van der Waals surface area (Å²) in [4.78, 5) is 6.75. The van der Waals surface area contributed by atoms with E-state index in [0.717, 1.165) is 43.5 Å². The minimum absolute atomic E-state index is 0.596. The standard InChI is InChI=1S/C16H22N4O/c1-20(11-13-6-5-9-17-10-13)12-15-18-16(21-19-15)14-7-3-2-4-8-14/h2-4,7-8,13,17H,5-6,9-12H2,1H3. The van der Waals surface area contributed by atoms with Crippen molar-refractivity contribution >= 4 is 0 Å². The first kappa shape index (κ1) is 14.2. The Labute approximate surface area is 125 Å². The van der Waals surface area contributed by atoms with Crippen LogP contribution >= 0.6 is 0 Å². The van der Waals surface area contributed by atoms with Crippen molar-refractivity contribution in [3.05, 3.63) is 36.2 Å². The number of hydrogen-bond donors (Lipinski definition) is 1. The molecule has 2 heterocycles. The zero-order valence-electron chi connectivity index (χ0n) is 12.5. The van der Waals surface area contributed by atoms with Crippen LogP contribution in [0, 0.1) is 5.92 Å². The number of piperidine rings is 1. The highest BCUT2D eigenvalue weighted by Gasteiger charge is 2.16. The normalized spacial score (nSPS) is 19.0. The molecule has 5 heteroatoms. The summed E-state index contributed by atoms with van der Waals surface area (Å²) in [6, 6.07) is 9.89. The maximum atomic E-state index is 5.34. The Balaban J connectivity index is 1.56. The van der Waals surface area contributed by atoms with Crippen molar-refractivity contribution in [1.29, 1.82) is 0 Å². The molecule has 1 atom stereocenters. The highest BCUT2D eigenvalue weighted by molar-refractivity contribution is 5.51. The van der Waals surface area contributed by atoms with Gasteiger partial charge in [0.05, 0.1) is 6.54 Å². The molecule has 0 amide bonds. The molecule has 1 unspecified atom stereocenters. The molecule has 1 N–H and O–H groups in total. The molecular weight excluding hydrogens is 264 g/mol. The summed E-state index contributed by atoms with van der Waals surface area (Å²) in [5, 5.41) is 7.54. The minimum Gasteiger partial charge on any atom is -0.334 e. The van der Waals surface area contributed by atoms with Crippen molar-refractivity contribution in [1.82, 2.24) is 20.4 Å². The number of aromatic nitrogens is 2. The lowest BCUT2D eigenvalue weighted by molar-refractivity contribution is 0.231. The number of nitrogens with one attached hydrogen (secondary N) is 1. The third kappa shape index (κ3) is 3.89. The SMILES string of the molecule is CN(Cc1noc(-c2ccccc2)n1)CC1CCCNC1. The predicted molar refractivity (Wildman–Crippen MR) is 81.7 cm³/mol. The third-order valence-corrected chi connectivity index (χ3v) is 3.87. The summed E-state index contributed by atoms with van der Waals surface area (Å²) < 4.78 is 5.34. The van der Waals surface area contributed by atoms with E-state index in [4.69, 9.17) is 4.52 Å². The fourth-order valence-corrected chi connectivity index (χ4v) is 2.84. The van der Waals surface area contributed by atoms with Gasteiger partial charge >= 0.3 is 0 Å². The van der Waals surface area contributed by atoms with Crippen LogP contribution in [0.5, 0.6) is 0 Å². The predicted octanol–water partition coefficient (Wildman–Crippen LogP) is 2.17. The Hall–Kier alpha value is -1.72. The highest BCUT2D eigenvalue weighted by atomic mass is 16.5. The molecular formula is C16H22N4O. The van der Waals surface area contributed by atoms with Gasteiger partial charge in [0.25, 0.3) is 5.89 Å². The van der Waals surface area contributed by atoms with E-state index < -0.39 is 0 Å². The number of nitrogens with zero attached hydrogens (tertiary/aromatic N) is 3. The van der Waals surface area contributed by atoms with Crippen LogP contribution < -0.4 is 5.32 Å². The molecule has 1 aliphatic rings. The van der Waals surface area contributed by atoms with Gasteiger partial charge in [0.2, 0.25) is 0 Å². The van der Waals surface area contributed by atoms with Crippen molar-refractivity contribution < 1.29 is 4.52 Å². The van der Waals surface area contributed by atoms with Gasteiger partial charge in [-0.1, -0.05) is 23.4 Å². The molecule has 0 bridgehead atoms. The molecule has 0 spiro atoms. The van der Waals surface area contributed by atoms with Crippen LogP contribution in [-0.4, -0.2) is 41.7 Å². The lowest BCUT2D eigenvalue weighted by Gasteiger charge is -2.26. The van der Waals surface area contributed by atoms with Crippen LogP contribution in [0.1, 0.15) is 18.7 Å². The summed E-state index contributed by atoms with van der Waals surface area (Å²) in [6.45, 7) is 4.08. The maximum Gasteiger partial charge on any atom is 0.257 e. The van der Waals surface area contributed by atoms with Crippen LogP contribution in [0.15, 0.2) is 34.9 Å². The summed E-state index contributed by atoms with van der Waals surface area (Å²) in [6.07, 6.45) is 2.58. The Morgan fingerprint density at radius 2 is 2.19 bits per heavy atom. The van der Waals surface area contributed by atoms with E-state index >= 15 is 0 Å². The van der Waals surface area contributed by atoms with Gasteiger partial charge in [0.15, 0.2) is 5.82 Å². The molecule has 1 aromatic carbocycles. The smallest absolute Gasteiger partial charge is 0.257 e. The van der Waals surface area contributed by atoms with E-state index in [1.807, 2.05) is 30.3 Å². The van der Waals surface area contributed by atoms with Gasteiger partial charge in [-0.25, -0.2) is 0 Å². The molecule has 0 saturated carbocycles. The Kier molecular flexibility index (Phi) is 4.62. The van der Waals surface area contributed by atoms with Crippen molar-refractivity contribution in [2.75, 3.05) is 26.7 Å². The monoisotopic (exact) mass is 286 g/mol. The molecule has 0 radical (unpaired) electrons. The molecule has 1 saturated heterocycles. The van der Waals surface area contributed by atoms with Gasteiger partial charge < -0.3 is 9.84 Å². The highest BCUT2D eigenvalue weighted by Crippen LogP contribution is 2.17. The molecule has 1 fully saturated rings. The van der Waals surface area contributed by atoms with Gasteiger partial charge in [-0.3, -0.25) is 4.90 Å². The van der Waals surface area contributed by atoms with Crippen molar-refractivity contribution in [3.8, 4) is 11.5 Å². The Morgan fingerprint density at radius 3 is 2.95 bits per heavy atom. The largest absolute Gasteiger partial charge is 0.334 e. The third-order valence-electron chi connectivity index (χ3n) is 3.87. The van der Waals surface area contributed by atoms with E-state index in [0.29, 0.717) is 5.89 Å². The molecule has 0 aliphatic carbocycles. The molecule has 21 heavy (non-hydrogen) atoms. The quantitative estimate of drug-likeness (QED) is 0.913. The van der Waals surface area contributed by atoms with Gasteiger partial charge in [-0.2, -0.15) is 4.98 Å². The summed E-state index contributed by atoms with van der Waals surface area (Å²) in [5.41, 5.74) is 0.968. The molecule has 112 valence electrons. The number of rotatable bonds is 5. The second-order valence-electron chi connectivity index (χ2n) is 5.79. The van der Waals surface area contributed by atoms with Crippen molar-refractivity contribution in [2.24, 2.45) is 5.92 Å². The van der Waals surface area contributed by atoms with Crippen molar-refractivity contribution in [2.45, 2.75) is 19.4 Å². The van der Waals surface area contributed by atoms with E-state index in [1.54, 1.807) is 0 Å². The average Bonchev–Trinajstić information content (AvgIpc) is 2.97. The van der Waals surface area contributed by atoms with Crippen LogP contribution in [0.4, 0.5) is 0 Å². The van der Waals surface area contributed by atoms with Crippen LogP contribution in [-0.2, 0) is 6.54 Å². The summed E-state index contributed by atoms with van der Waals surface area (Å²) in [5.74, 6) is 2.07. The van der Waals surface area contributed by atoms with Gasteiger partial charge in [-0.15, -0.1) is 0 Å². The molecule has 1 aliphatic heterocycles. The molecule has 5 nitrogen and oxygen atoms in total. The average molecular weight is 286 g/mol. The van der Waals surface area contributed by atoms with E-state index in [2.05, 4.69) is 27.4 Å². The first-order chi connectivity index (χ1) is 10.3. The summed E-state index contributed by atoms with van der Waals surface area (Å²) >= 11 is 0. The zero-order valence-corrected chi connectivity index (χ0v) is 12.5. The van der Waals surface area contributed by atoms with Crippen LogP contribution in [0.3, 0.4) is 0 Å². The first-order valence-corrected chi connectivity index (χ1v) is 7.58. The van der Waals surface area contributed by atoms with Gasteiger partial charge in [-0.05, 0) is 51.0 Å². The fraction of sp³-hybridized carbons (Fsp3) is 0.500. The van der Waals surface area contributed by atoms with E-state index in [-0.39, 0.29) is 0 Å². The Bertz CT molecular complexity index is 548. The Morgan fingerprint density at radius 1 is 1.33 bits per heavy atom. The fourth-order valence-electron chi connectivity index (χ4n) is 2.84. The lowest BCUT2D eigenvalue weighted by atomic mass is 9.99.